The largest absolute Gasteiger partial charge is 0.493 e. The molecule has 178 valence electrons. The van der Waals surface area contributed by atoms with E-state index in [2.05, 4.69) is 29.5 Å². The van der Waals surface area contributed by atoms with Crippen LogP contribution in [0.4, 0.5) is 0 Å². The first kappa shape index (κ1) is 23.3. The summed E-state index contributed by atoms with van der Waals surface area (Å²) in [6.07, 6.45) is 1.75. The summed E-state index contributed by atoms with van der Waals surface area (Å²) in [4.78, 5) is 35.3. The maximum atomic E-state index is 13.2. The van der Waals surface area contributed by atoms with Crippen LogP contribution in [-0.4, -0.2) is 84.9 Å². The van der Waals surface area contributed by atoms with Crippen LogP contribution in [0.5, 0.6) is 5.75 Å². The van der Waals surface area contributed by atoms with Crippen molar-refractivity contribution in [3.8, 4) is 5.75 Å². The molecule has 9 heteroatoms. The second-order valence-electron chi connectivity index (χ2n) is 8.56. The fraction of sp³-hybridized carbons (Fsp3) is 0.542. The summed E-state index contributed by atoms with van der Waals surface area (Å²) < 4.78 is 5.84. The Balaban J connectivity index is 1.68. The third kappa shape index (κ3) is 4.60. The Hall–Kier alpha value is -2.91. The molecule has 1 aromatic rings. The highest BCUT2D eigenvalue weighted by Crippen LogP contribution is 2.30. The molecule has 1 saturated heterocycles. The Morgan fingerprint density at radius 3 is 2.61 bits per heavy atom. The van der Waals surface area contributed by atoms with Crippen molar-refractivity contribution in [3.63, 3.8) is 0 Å². The first-order chi connectivity index (χ1) is 16.0. The summed E-state index contributed by atoms with van der Waals surface area (Å²) in [5.41, 5.74) is 6.15. The Kier molecular flexibility index (Phi) is 6.99. The van der Waals surface area contributed by atoms with Crippen molar-refractivity contribution in [1.82, 2.24) is 25.6 Å². The van der Waals surface area contributed by atoms with Crippen LogP contribution in [-0.2, 0) is 4.79 Å². The summed E-state index contributed by atoms with van der Waals surface area (Å²) >= 11 is 0. The van der Waals surface area contributed by atoms with E-state index in [1.165, 1.54) is 0 Å². The van der Waals surface area contributed by atoms with Crippen LogP contribution in [0, 0.1) is 0 Å². The van der Waals surface area contributed by atoms with Crippen LogP contribution in [0.2, 0.25) is 0 Å². The van der Waals surface area contributed by atoms with E-state index in [1.54, 1.807) is 23.2 Å². The number of piperazine rings is 1. The molecule has 1 atom stereocenters. The molecule has 9 nitrogen and oxygen atoms in total. The highest BCUT2D eigenvalue weighted by molar-refractivity contribution is 6.14. The second-order valence-corrected chi connectivity index (χ2v) is 8.56. The molecule has 0 aliphatic carbocycles. The zero-order valence-corrected chi connectivity index (χ0v) is 20.0. The van der Waals surface area contributed by atoms with Gasteiger partial charge in [0, 0.05) is 38.8 Å². The number of amides is 2. The molecular formula is C24H34N6O3. The third-order valence-corrected chi connectivity index (χ3v) is 6.38. The van der Waals surface area contributed by atoms with E-state index >= 15 is 0 Å². The zero-order valence-electron chi connectivity index (χ0n) is 20.0. The van der Waals surface area contributed by atoms with Gasteiger partial charge in [-0.3, -0.25) is 9.59 Å². The smallest absolute Gasteiger partial charge is 0.253 e. The number of benzene rings is 1. The van der Waals surface area contributed by atoms with E-state index in [0.717, 1.165) is 43.9 Å². The quantitative estimate of drug-likeness (QED) is 0.650. The van der Waals surface area contributed by atoms with E-state index < -0.39 is 6.04 Å². The van der Waals surface area contributed by atoms with Gasteiger partial charge in [-0.05, 0) is 38.1 Å². The highest BCUT2D eigenvalue weighted by atomic mass is 16.5. The number of hydrogen-bond acceptors (Lipinski definition) is 7. The van der Waals surface area contributed by atoms with Gasteiger partial charge in [0.2, 0.25) is 0 Å². The van der Waals surface area contributed by atoms with Crippen molar-refractivity contribution in [2.75, 3.05) is 46.4 Å². The number of nitrogens with zero attached hydrogens (tertiary/aromatic N) is 4. The van der Waals surface area contributed by atoms with Crippen LogP contribution in [0.1, 0.15) is 49.5 Å². The van der Waals surface area contributed by atoms with Gasteiger partial charge in [-0.15, -0.1) is 0 Å². The number of likely N-dealkylation sites (N-methyl/N-ethyl adjacent to an activating group) is 2. The van der Waals surface area contributed by atoms with Gasteiger partial charge in [0.25, 0.3) is 11.8 Å². The summed E-state index contributed by atoms with van der Waals surface area (Å²) in [5.74, 6) is 0.861. The van der Waals surface area contributed by atoms with Gasteiger partial charge in [-0.2, -0.15) is 0 Å². The predicted molar refractivity (Wildman–Crippen MR) is 127 cm³/mol. The highest BCUT2D eigenvalue weighted by Gasteiger charge is 2.40. The molecule has 0 spiro atoms. The third-order valence-electron chi connectivity index (χ3n) is 6.38. The molecule has 2 amide bonds. The van der Waals surface area contributed by atoms with Crippen molar-refractivity contribution < 1.29 is 14.3 Å². The molecule has 1 fully saturated rings. The number of aliphatic imine (C=N–C) groups is 1. The summed E-state index contributed by atoms with van der Waals surface area (Å²) in [7, 11) is 1.84. The average molecular weight is 455 g/mol. The van der Waals surface area contributed by atoms with Crippen molar-refractivity contribution in [2.24, 2.45) is 4.99 Å². The minimum Gasteiger partial charge on any atom is -0.493 e. The average Bonchev–Trinajstić information content (AvgIpc) is 3.15. The van der Waals surface area contributed by atoms with Crippen molar-refractivity contribution >= 4 is 17.6 Å². The number of fused-ring (bicyclic) bond motifs is 1. The zero-order chi connectivity index (χ0) is 23.5. The van der Waals surface area contributed by atoms with Gasteiger partial charge in [0.1, 0.15) is 11.6 Å². The molecule has 0 radical (unpaired) electrons. The fourth-order valence-electron chi connectivity index (χ4n) is 4.59. The van der Waals surface area contributed by atoms with Gasteiger partial charge < -0.3 is 25.3 Å². The number of nitrogens with one attached hydrogen (secondary N) is 2. The van der Waals surface area contributed by atoms with Crippen molar-refractivity contribution in [2.45, 2.75) is 39.7 Å². The lowest BCUT2D eigenvalue weighted by atomic mass is 10.0. The normalized spacial score (nSPS) is 21.5. The molecule has 1 aromatic carbocycles. The molecule has 3 aliphatic heterocycles. The number of ether oxygens (including phenoxy) is 1. The topological polar surface area (TPSA) is 89.5 Å². The van der Waals surface area contributed by atoms with Crippen LogP contribution in [0.15, 0.2) is 34.6 Å². The number of carbonyl (C=O) groups excluding carboxylic acids is 2. The molecule has 0 bridgehead atoms. The molecule has 2 N–H and O–H groups in total. The summed E-state index contributed by atoms with van der Waals surface area (Å²) in [5, 5.41) is 4.73. The molecule has 1 unspecified atom stereocenters. The first-order valence-corrected chi connectivity index (χ1v) is 11.9. The lowest BCUT2D eigenvalue weighted by Gasteiger charge is -2.34. The van der Waals surface area contributed by atoms with Gasteiger partial charge in [-0.25, -0.2) is 10.0 Å². The lowest BCUT2D eigenvalue weighted by molar-refractivity contribution is -0.123. The number of hydrogen-bond donors (Lipinski definition) is 2. The maximum absolute atomic E-state index is 13.2. The Morgan fingerprint density at radius 1 is 1.18 bits per heavy atom. The molecule has 4 rings (SSSR count). The molecule has 33 heavy (non-hydrogen) atoms. The number of amidine groups is 1. The van der Waals surface area contributed by atoms with Gasteiger partial charge in [0.05, 0.1) is 23.6 Å². The molecule has 0 aromatic heterocycles. The van der Waals surface area contributed by atoms with E-state index in [4.69, 9.17) is 9.73 Å². The first-order valence-electron chi connectivity index (χ1n) is 11.9. The number of allylic oxidation sites excluding steroid dienone is 1. The van der Waals surface area contributed by atoms with E-state index in [-0.39, 0.29) is 11.8 Å². The standard InChI is InChI=1S/C24H34N6O3/c1-5-8-18-20-21(28(4)27-18)23(31)26-22(25-20)17-15-16(9-10-19(17)33-7-3)24(32)30-13-11-29(6-2)12-14-30/h9-10,15,21,27H,5-8,11-14H2,1-4H3,(H,25,26,31). The number of rotatable bonds is 7. The van der Waals surface area contributed by atoms with E-state index in [0.29, 0.717) is 42.4 Å². The minimum atomic E-state index is -0.467. The van der Waals surface area contributed by atoms with Gasteiger partial charge in [-0.1, -0.05) is 20.3 Å². The molecule has 0 saturated carbocycles. The lowest BCUT2D eigenvalue weighted by Crippen LogP contribution is -2.51. The minimum absolute atomic E-state index is 0.0104. The predicted octanol–water partition coefficient (Wildman–Crippen LogP) is 1.57. The van der Waals surface area contributed by atoms with Crippen LogP contribution in [0.3, 0.4) is 0 Å². The van der Waals surface area contributed by atoms with Gasteiger partial charge in [0.15, 0.2) is 6.04 Å². The van der Waals surface area contributed by atoms with Crippen molar-refractivity contribution in [1.29, 1.82) is 0 Å². The fourth-order valence-corrected chi connectivity index (χ4v) is 4.59. The van der Waals surface area contributed by atoms with Crippen LogP contribution in [0.25, 0.3) is 0 Å². The molecular weight excluding hydrogens is 420 g/mol. The van der Waals surface area contributed by atoms with Crippen LogP contribution < -0.4 is 15.5 Å². The Labute approximate surface area is 195 Å². The SMILES string of the molecule is CCCC1=C2N=C(c3cc(C(=O)N4CCN(CC)CC4)ccc3OCC)NC(=O)C2N(C)N1. The second kappa shape index (κ2) is 9.93. The summed E-state index contributed by atoms with van der Waals surface area (Å²) in [6, 6.07) is 4.93. The van der Waals surface area contributed by atoms with E-state index in [9.17, 15) is 9.59 Å². The van der Waals surface area contributed by atoms with Crippen LogP contribution >= 0.6 is 0 Å². The summed E-state index contributed by atoms with van der Waals surface area (Å²) in [6.45, 7) is 10.8. The van der Waals surface area contributed by atoms with E-state index in [1.807, 2.05) is 18.9 Å². The molecule has 3 heterocycles. The number of hydrazine groups is 1. The maximum Gasteiger partial charge on any atom is 0.253 e. The Bertz CT molecular complexity index is 980. The monoisotopic (exact) mass is 454 g/mol. The Morgan fingerprint density at radius 2 is 1.94 bits per heavy atom. The molecule has 3 aliphatic rings. The van der Waals surface area contributed by atoms with Gasteiger partial charge >= 0.3 is 0 Å². The van der Waals surface area contributed by atoms with Crippen molar-refractivity contribution in [3.05, 3.63) is 40.7 Å². The number of carbonyl (C=O) groups is 2.